The van der Waals surface area contributed by atoms with Crippen molar-refractivity contribution in [2.45, 2.75) is 46.6 Å². The van der Waals surface area contributed by atoms with E-state index in [0.717, 1.165) is 12.0 Å². The van der Waals surface area contributed by atoms with Crippen molar-refractivity contribution in [1.82, 2.24) is 18.9 Å². The summed E-state index contributed by atoms with van der Waals surface area (Å²) >= 11 is 0. The summed E-state index contributed by atoms with van der Waals surface area (Å²) in [7, 11) is 0. The van der Waals surface area contributed by atoms with Gasteiger partial charge in [-0.05, 0) is 50.8 Å². The molecule has 33 heavy (non-hydrogen) atoms. The zero-order valence-corrected chi connectivity index (χ0v) is 19.3. The summed E-state index contributed by atoms with van der Waals surface area (Å²) in [4.78, 5) is 45.1. The molecule has 1 aliphatic rings. The normalized spacial score (nSPS) is 14.7. The minimum absolute atomic E-state index is 0.0479. The van der Waals surface area contributed by atoms with Crippen LogP contribution in [-0.2, 0) is 16.1 Å². The van der Waals surface area contributed by atoms with Crippen molar-refractivity contribution >= 4 is 28.6 Å². The Balaban J connectivity index is 1.78. The van der Waals surface area contributed by atoms with Crippen LogP contribution in [-0.4, -0.2) is 50.4 Å². The first kappa shape index (κ1) is 22.7. The predicted octanol–water partition coefficient (Wildman–Crippen LogP) is 2.26. The average Bonchev–Trinajstić information content (AvgIpc) is 2.81. The van der Waals surface area contributed by atoms with Crippen molar-refractivity contribution in [2.75, 3.05) is 19.7 Å². The fourth-order valence-electron chi connectivity index (χ4n) is 4.45. The van der Waals surface area contributed by atoms with Crippen molar-refractivity contribution in [3.05, 3.63) is 51.4 Å². The SMILES string of the molecule is CCCn1c(=N)c(C(=O)N2CCC(C(=O)OCC)CC2)cc2c(=O)n3cccc(C)c3nc21. The maximum atomic E-state index is 13.4. The Morgan fingerprint density at radius 3 is 2.61 bits per heavy atom. The largest absolute Gasteiger partial charge is 0.466 e. The van der Waals surface area contributed by atoms with Gasteiger partial charge < -0.3 is 14.2 Å². The second-order valence-electron chi connectivity index (χ2n) is 8.42. The molecule has 1 aliphatic heterocycles. The first-order chi connectivity index (χ1) is 15.9. The number of rotatable bonds is 5. The molecule has 1 saturated heterocycles. The zero-order valence-electron chi connectivity index (χ0n) is 19.3. The molecule has 0 spiro atoms. The minimum atomic E-state index is -0.303. The highest BCUT2D eigenvalue weighted by Gasteiger charge is 2.30. The van der Waals surface area contributed by atoms with Gasteiger partial charge in [-0.2, -0.15) is 0 Å². The van der Waals surface area contributed by atoms with E-state index in [0.29, 0.717) is 55.8 Å². The van der Waals surface area contributed by atoms with E-state index in [4.69, 9.17) is 15.1 Å². The Labute approximate surface area is 191 Å². The van der Waals surface area contributed by atoms with Crippen molar-refractivity contribution in [3.63, 3.8) is 0 Å². The van der Waals surface area contributed by atoms with Crippen LogP contribution in [0.15, 0.2) is 29.2 Å². The lowest BCUT2D eigenvalue weighted by Crippen LogP contribution is -2.43. The molecule has 174 valence electrons. The number of aromatic nitrogens is 3. The van der Waals surface area contributed by atoms with Gasteiger partial charge in [0, 0.05) is 25.8 Å². The molecule has 0 aliphatic carbocycles. The number of ether oxygens (including phenoxy) is 1. The van der Waals surface area contributed by atoms with Gasteiger partial charge in [0.15, 0.2) is 0 Å². The molecule has 0 bridgehead atoms. The smallest absolute Gasteiger partial charge is 0.309 e. The van der Waals surface area contributed by atoms with Gasteiger partial charge in [0.25, 0.3) is 11.5 Å². The second-order valence-corrected chi connectivity index (χ2v) is 8.42. The summed E-state index contributed by atoms with van der Waals surface area (Å²) in [6.45, 7) is 7.26. The lowest BCUT2D eigenvalue weighted by molar-refractivity contribution is -0.149. The number of carbonyl (C=O) groups is 2. The maximum absolute atomic E-state index is 13.4. The molecule has 9 heteroatoms. The van der Waals surface area contributed by atoms with Crippen LogP contribution in [0, 0.1) is 18.3 Å². The van der Waals surface area contributed by atoms with E-state index in [1.54, 1.807) is 28.7 Å². The molecule has 3 aromatic heterocycles. The predicted molar refractivity (Wildman–Crippen MR) is 123 cm³/mol. The molecule has 4 rings (SSSR count). The van der Waals surface area contributed by atoms with Crippen molar-refractivity contribution in [2.24, 2.45) is 5.92 Å². The van der Waals surface area contributed by atoms with E-state index in [1.165, 1.54) is 10.5 Å². The van der Waals surface area contributed by atoms with Crippen LogP contribution >= 0.6 is 0 Å². The van der Waals surface area contributed by atoms with Crippen molar-refractivity contribution in [1.29, 1.82) is 5.41 Å². The monoisotopic (exact) mass is 451 g/mol. The van der Waals surface area contributed by atoms with Gasteiger partial charge in [0.2, 0.25) is 0 Å². The van der Waals surface area contributed by atoms with Crippen LogP contribution in [0.1, 0.15) is 49.0 Å². The van der Waals surface area contributed by atoms with E-state index >= 15 is 0 Å². The quantitative estimate of drug-likeness (QED) is 0.473. The molecule has 9 nitrogen and oxygen atoms in total. The van der Waals surface area contributed by atoms with Crippen LogP contribution in [0.25, 0.3) is 16.7 Å². The summed E-state index contributed by atoms with van der Waals surface area (Å²) < 4.78 is 8.25. The number of esters is 1. The van der Waals surface area contributed by atoms with Gasteiger partial charge in [-0.15, -0.1) is 0 Å². The Morgan fingerprint density at radius 1 is 1.21 bits per heavy atom. The summed E-state index contributed by atoms with van der Waals surface area (Å²) in [5, 5.41) is 9.08. The topological polar surface area (TPSA) is 110 Å². The minimum Gasteiger partial charge on any atom is -0.466 e. The van der Waals surface area contributed by atoms with Gasteiger partial charge in [-0.1, -0.05) is 13.0 Å². The lowest BCUT2D eigenvalue weighted by atomic mass is 9.96. The number of nitrogens with zero attached hydrogens (tertiary/aromatic N) is 4. The Morgan fingerprint density at radius 2 is 1.94 bits per heavy atom. The summed E-state index contributed by atoms with van der Waals surface area (Å²) in [6.07, 6.45) is 3.43. The molecule has 0 unspecified atom stereocenters. The fourth-order valence-corrected chi connectivity index (χ4v) is 4.45. The van der Waals surface area contributed by atoms with E-state index in [-0.39, 0.29) is 34.4 Å². The van der Waals surface area contributed by atoms with E-state index in [1.807, 2.05) is 19.9 Å². The Kier molecular flexibility index (Phi) is 6.31. The third kappa shape index (κ3) is 4.03. The lowest BCUT2D eigenvalue weighted by Gasteiger charge is -2.31. The van der Waals surface area contributed by atoms with Crippen LogP contribution in [0.5, 0.6) is 0 Å². The number of amides is 1. The fraction of sp³-hybridized carbons (Fsp3) is 0.458. The third-order valence-corrected chi connectivity index (χ3v) is 6.21. The van der Waals surface area contributed by atoms with E-state index in [2.05, 4.69) is 0 Å². The summed E-state index contributed by atoms with van der Waals surface area (Å²) in [5.41, 5.74) is 1.77. The number of hydrogen-bond acceptors (Lipinski definition) is 6. The van der Waals surface area contributed by atoms with Gasteiger partial charge in [0.1, 0.15) is 16.8 Å². The standard InChI is InChI=1S/C24H29N5O4/c1-4-10-28-19(25)17(22(30)27-12-8-16(9-13-27)24(32)33-5-2)14-18-21(28)26-20-15(3)7-6-11-29(20)23(18)31/h6-7,11,14,16,25H,4-5,8-10,12-13H2,1-3H3. The van der Waals surface area contributed by atoms with E-state index < -0.39 is 0 Å². The number of hydrogen-bond donors (Lipinski definition) is 1. The van der Waals surface area contributed by atoms with Crippen LogP contribution in [0.2, 0.25) is 0 Å². The van der Waals surface area contributed by atoms with Gasteiger partial charge >= 0.3 is 5.97 Å². The highest BCUT2D eigenvalue weighted by atomic mass is 16.5. The van der Waals surface area contributed by atoms with Crippen molar-refractivity contribution < 1.29 is 14.3 Å². The maximum Gasteiger partial charge on any atom is 0.309 e. The van der Waals surface area contributed by atoms with Crippen LogP contribution in [0.4, 0.5) is 0 Å². The van der Waals surface area contributed by atoms with Crippen molar-refractivity contribution in [3.8, 4) is 0 Å². The molecule has 1 N–H and O–H groups in total. The number of nitrogens with one attached hydrogen (secondary N) is 1. The molecule has 0 atom stereocenters. The molecule has 0 radical (unpaired) electrons. The molecule has 1 amide bonds. The number of likely N-dealkylation sites (tertiary alicyclic amines) is 1. The van der Waals surface area contributed by atoms with Gasteiger partial charge in [0.05, 0.1) is 23.5 Å². The Bertz CT molecular complexity index is 1350. The molecule has 4 heterocycles. The number of pyridine rings is 2. The highest BCUT2D eigenvalue weighted by Crippen LogP contribution is 2.21. The zero-order chi connectivity index (χ0) is 23.7. The number of aryl methyl sites for hydroxylation is 2. The highest BCUT2D eigenvalue weighted by molar-refractivity contribution is 5.97. The number of piperidine rings is 1. The van der Waals surface area contributed by atoms with E-state index in [9.17, 15) is 14.4 Å². The Hall–Kier alpha value is -3.49. The number of carbonyl (C=O) groups excluding carboxylic acids is 2. The molecule has 0 saturated carbocycles. The first-order valence-corrected chi connectivity index (χ1v) is 11.4. The molecule has 1 fully saturated rings. The first-order valence-electron chi connectivity index (χ1n) is 11.4. The average molecular weight is 452 g/mol. The second kappa shape index (κ2) is 9.17. The van der Waals surface area contributed by atoms with Crippen LogP contribution in [0.3, 0.4) is 0 Å². The summed E-state index contributed by atoms with van der Waals surface area (Å²) in [5.74, 6) is -0.740. The molecular weight excluding hydrogens is 422 g/mol. The third-order valence-electron chi connectivity index (χ3n) is 6.21. The molecule has 0 aromatic carbocycles. The molecular formula is C24H29N5O4. The van der Waals surface area contributed by atoms with Gasteiger partial charge in [-0.3, -0.25) is 24.2 Å². The van der Waals surface area contributed by atoms with Gasteiger partial charge in [-0.25, -0.2) is 4.98 Å². The van der Waals surface area contributed by atoms with Crippen LogP contribution < -0.4 is 11.0 Å². The summed E-state index contributed by atoms with van der Waals surface area (Å²) in [6, 6.07) is 5.18. The molecule has 3 aromatic rings. The number of fused-ring (bicyclic) bond motifs is 2.